The second-order valence-electron chi connectivity index (χ2n) is 3.03. The van der Waals surface area contributed by atoms with Gasteiger partial charge < -0.3 is 15.6 Å². The van der Waals surface area contributed by atoms with Gasteiger partial charge in [-0.25, -0.2) is 0 Å². The maximum Gasteiger partial charge on any atom is 0.259 e. The van der Waals surface area contributed by atoms with E-state index in [4.69, 9.17) is 0 Å². The van der Waals surface area contributed by atoms with E-state index in [2.05, 4.69) is 28.2 Å². The maximum absolute atomic E-state index is 11.4. The summed E-state index contributed by atoms with van der Waals surface area (Å²) in [7, 11) is 0. The molecule has 1 aromatic rings. The number of amides is 2. The Balaban J connectivity index is 2.28. The Hall–Kier alpha value is -1.69. The molecule has 0 aliphatic carbocycles. The zero-order valence-corrected chi connectivity index (χ0v) is 8.54. The molecule has 0 radical (unpaired) electrons. The van der Waals surface area contributed by atoms with Crippen molar-refractivity contribution in [1.29, 1.82) is 0 Å². The molecule has 6 heteroatoms. The highest BCUT2D eigenvalue weighted by molar-refractivity contribution is 7.80. The van der Waals surface area contributed by atoms with Crippen LogP contribution in [0, 0.1) is 0 Å². The topological polar surface area (TPSA) is 74.0 Å². The van der Waals surface area contributed by atoms with Crippen molar-refractivity contribution in [2.45, 2.75) is 5.50 Å². The Kier molecular flexibility index (Phi) is 2.51. The smallest absolute Gasteiger partial charge is 0.259 e. The van der Waals surface area contributed by atoms with Gasteiger partial charge in [0.15, 0.2) is 0 Å². The standard InChI is InChI=1S/C9H9N3O2S/c13-7-6(4-5-2-1-3-10-5)8(14)12-9(15)11-7/h1-4,9-10,15H,(H,11,13)(H,12,14). The summed E-state index contributed by atoms with van der Waals surface area (Å²) in [6.07, 6.45) is 3.21. The molecule has 1 saturated heterocycles. The number of nitrogens with one attached hydrogen (secondary N) is 3. The van der Waals surface area contributed by atoms with Gasteiger partial charge in [-0.3, -0.25) is 9.59 Å². The predicted octanol–water partition coefficient (Wildman–Crippen LogP) is -0.143. The van der Waals surface area contributed by atoms with Crippen molar-refractivity contribution in [3.05, 3.63) is 29.6 Å². The highest BCUT2D eigenvalue weighted by atomic mass is 32.1. The van der Waals surface area contributed by atoms with Crippen molar-refractivity contribution in [2.75, 3.05) is 0 Å². The van der Waals surface area contributed by atoms with Crippen LogP contribution in [0.1, 0.15) is 5.69 Å². The first-order valence-electron chi connectivity index (χ1n) is 4.32. The van der Waals surface area contributed by atoms with E-state index in [0.29, 0.717) is 5.69 Å². The van der Waals surface area contributed by atoms with Crippen LogP contribution >= 0.6 is 12.6 Å². The van der Waals surface area contributed by atoms with Crippen molar-refractivity contribution in [1.82, 2.24) is 15.6 Å². The molecule has 0 atom stereocenters. The van der Waals surface area contributed by atoms with Gasteiger partial charge in [0.05, 0.1) is 0 Å². The van der Waals surface area contributed by atoms with Crippen LogP contribution < -0.4 is 10.6 Å². The molecule has 15 heavy (non-hydrogen) atoms. The second-order valence-corrected chi connectivity index (χ2v) is 3.55. The van der Waals surface area contributed by atoms with E-state index in [9.17, 15) is 9.59 Å². The van der Waals surface area contributed by atoms with Crippen LogP contribution in [0.3, 0.4) is 0 Å². The number of H-pyrrole nitrogens is 1. The van der Waals surface area contributed by atoms with Crippen molar-refractivity contribution >= 4 is 30.5 Å². The number of carbonyl (C=O) groups is 2. The lowest BCUT2D eigenvalue weighted by atomic mass is 10.1. The highest BCUT2D eigenvalue weighted by Gasteiger charge is 2.26. The molecule has 1 aliphatic heterocycles. The van der Waals surface area contributed by atoms with E-state index < -0.39 is 17.3 Å². The quantitative estimate of drug-likeness (QED) is 0.304. The second kappa shape index (κ2) is 3.82. The zero-order chi connectivity index (χ0) is 10.8. The minimum Gasteiger partial charge on any atom is -0.362 e. The molecule has 0 unspecified atom stereocenters. The Bertz CT molecular complexity index is 405. The first-order valence-corrected chi connectivity index (χ1v) is 4.83. The van der Waals surface area contributed by atoms with Crippen molar-refractivity contribution in [2.24, 2.45) is 0 Å². The Labute approximate surface area is 91.3 Å². The van der Waals surface area contributed by atoms with Crippen LogP contribution in [0.2, 0.25) is 0 Å². The van der Waals surface area contributed by atoms with Crippen molar-refractivity contribution in [3.8, 4) is 0 Å². The molecule has 78 valence electrons. The predicted molar refractivity (Wildman–Crippen MR) is 57.8 cm³/mol. The number of hydrogen-bond acceptors (Lipinski definition) is 3. The molecule has 2 heterocycles. The average Bonchev–Trinajstić information content (AvgIpc) is 2.63. The van der Waals surface area contributed by atoms with Crippen molar-refractivity contribution in [3.63, 3.8) is 0 Å². The number of thiol groups is 1. The van der Waals surface area contributed by atoms with E-state index in [1.807, 2.05) is 0 Å². The summed E-state index contributed by atoms with van der Waals surface area (Å²) in [5.74, 6) is -0.846. The molecular formula is C9H9N3O2S. The van der Waals surface area contributed by atoms with Gasteiger partial charge in [0.2, 0.25) is 0 Å². The van der Waals surface area contributed by atoms with Gasteiger partial charge in [-0.2, -0.15) is 0 Å². The fourth-order valence-corrected chi connectivity index (χ4v) is 1.50. The lowest BCUT2D eigenvalue weighted by molar-refractivity contribution is -0.126. The number of aromatic nitrogens is 1. The summed E-state index contributed by atoms with van der Waals surface area (Å²) in [5.41, 5.74) is 0.154. The molecule has 1 aromatic heterocycles. The Morgan fingerprint density at radius 2 is 1.93 bits per heavy atom. The molecule has 5 nitrogen and oxygen atoms in total. The van der Waals surface area contributed by atoms with E-state index >= 15 is 0 Å². The summed E-state index contributed by atoms with van der Waals surface area (Å²) in [5, 5.41) is 4.97. The Morgan fingerprint density at radius 3 is 2.47 bits per heavy atom. The SMILES string of the molecule is O=C1NC(S)NC(=O)C1=Cc1ccc[nH]1. The number of carbonyl (C=O) groups excluding carboxylic acids is 2. The molecule has 2 amide bonds. The minimum absolute atomic E-state index is 0.0720. The third-order valence-corrected chi connectivity index (χ3v) is 2.20. The normalized spacial score (nSPS) is 20.9. The van der Waals surface area contributed by atoms with Gasteiger partial charge in [0.1, 0.15) is 11.1 Å². The van der Waals surface area contributed by atoms with Crippen LogP contribution in [0.25, 0.3) is 6.08 Å². The first-order chi connectivity index (χ1) is 7.16. The van der Waals surface area contributed by atoms with Gasteiger partial charge in [0.25, 0.3) is 11.8 Å². The molecular weight excluding hydrogens is 214 g/mol. The largest absolute Gasteiger partial charge is 0.362 e. The van der Waals surface area contributed by atoms with Crippen LogP contribution in [0.4, 0.5) is 0 Å². The van der Waals surface area contributed by atoms with E-state index in [-0.39, 0.29) is 5.57 Å². The van der Waals surface area contributed by atoms with Crippen LogP contribution in [-0.2, 0) is 9.59 Å². The first kappa shape index (κ1) is 9.85. The van der Waals surface area contributed by atoms with Crippen LogP contribution in [0.5, 0.6) is 0 Å². The number of rotatable bonds is 1. The minimum atomic E-state index is -0.620. The third kappa shape index (κ3) is 2.04. The van der Waals surface area contributed by atoms with Gasteiger partial charge >= 0.3 is 0 Å². The molecule has 3 N–H and O–H groups in total. The summed E-state index contributed by atoms with van der Waals surface area (Å²) in [6, 6.07) is 3.55. The summed E-state index contributed by atoms with van der Waals surface area (Å²) in [4.78, 5) is 25.8. The summed E-state index contributed by atoms with van der Waals surface area (Å²) < 4.78 is 0. The van der Waals surface area contributed by atoms with Gasteiger partial charge in [-0.15, -0.1) is 12.6 Å². The molecule has 0 spiro atoms. The molecule has 1 fully saturated rings. The maximum atomic E-state index is 11.4. The third-order valence-electron chi connectivity index (χ3n) is 1.95. The fraction of sp³-hybridized carbons (Fsp3) is 0.111. The zero-order valence-electron chi connectivity index (χ0n) is 7.65. The van der Waals surface area contributed by atoms with Gasteiger partial charge in [-0.1, -0.05) is 0 Å². The molecule has 0 aromatic carbocycles. The lowest BCUT2D eigenvalue weighted by Gasteiger charge is -2.21. The van der Waals surface area contributed by atoms with Gasteiger partial charge in [0, 0.05) is 11.9 Å². The summed E-state index contributed by atoms with van der Waals surface area (Å²) in [6.45, 7) is 0. The molecule has 0 bridgehead atoms. The Morgan fingerprint density at radius 1 is 1.27 bits per heavy atom. The van der Waals surface area contributed by atoms with E-state index in [0.717, 1.165) is 0 Å². The molecule has 1 aliphatic rings. The van der Waals surface area contributed by atoms with Gasteiger partial charge in [-0.05, 0) is 18.2 Å². The highest BCUT2D eigenvalue weighted by Crippen LogP contribution is 2.09. The summed E-state index contributed by atoms with van der Waals surface area (Å²) >= 11 is 3.94. The lowest BCUT2D eigenvalue weighted by Crippen LogP contribution is -2.52. The van der Waals surface area contributed by atoms with Crippen molar-refractivity contribution < 1.29 is 9.59 Å². The molecule has 0 saturated carbocycles. The number of hydrogen-bond donors (Lipinski definition) is 4. The van der Waals surface area contributed by atoms with E-state index in [1.54, 1.807) is 18.3 Å². The fourth-order valence-electron chi connectivity index (χ4n) is 1.26. The molecule has 2 rings (SSSR count). The number of aromatic amines is 1. The van der Waals surface area contributed by atoms with Crippen LogP contribution in [-0.4, -0.2) is 22.3 Å². The van der Waals surface area contributed by atoms with Crippen LogP contribution in [0.15, 0.2) is 23.9 Å². The average molecular weight is 223 g/mol. The van der Waals surface area contributed by atoms with E-state index in [1.165, 1.54) is 6.08 Å². The monoisotopic (exact) mass is 223 g/mol.